The van der Waals surface area contributed by atoms with Gasteiger partial charge in [0.05, 0.1) is 17.1 Å². The van der Waals surface area contributed by atoms with Crippen molar-refractivity contribution >= 4 is 10.0 Å². The van der Waals surface area contributed by atoms with E-state index in [-0.39, 0.29) is 11.4 Å². The number of rotatable bonds is 4. The highest BCUT2D eigenvalue weighted by Crippen LogP contribution is 2.32. The van der Waals surface area contributed by atoms with Gasteiger partial charge in [-0.2, -0.15) is 18.3 Å². The molecule has 0 aliphatic carbocycles. The van der Waals surface area contributed by atoms with Crippen LogP contribution in [0, 0.1) is 6.92 Å². The van der Waals surface area contributed by atoms with E-state index in [9.17, 15) is 21.6 Å². The number of sulfonamides is 1. The molecule has 0 bridgehead atoms. The Labute approximate surface area is 154 Å². The summed E-state index contributed by atoms with van der Waals surface area (Å²) in [7, 11) is -3.83. The normalized spacial score (nSPS) is 12.3. The van der Waals surface area contributed by atoms with E-state index in [2.05, 4.69) is 5.10 Å². The number of hydrogen-bond acceptors (Lipinski definition) is 3. The van der Waals surface area contributed by atoms with E-state index >= 15 is 0 Å². The Balaban J connectivity index is 2.02. The minimum atomic E-state index is -4.57. The molecule has 3 aromatic rings. The third kappa shape index (κ3) is 4.37. The van der Waals surface area contributed by atoms with Crippen molar-refractivity contribution < 1.29 is 21.6 Å². The summed E-state index contributed by atoms with van der Waals surface area (Å²) in [5.74, 6) is 0. The van der Waals surface area contributed by atoms with Gasteiger partial charge in [-0.3, -0.25) is 4.68 Å². The van der Waals surface area contributed by atoms with Gasteiger partial charge in [-0.25, -0.2) is 13.6 Å². The number of hydrogen-bond donors (Lipinski definition) is 1. The summed E-state index contributed by atoms with van der Waals surface area (Å²) in [6, 6.07) is 13.7. The van der Waals surface area contributed by atoms with E-state index in [0.717, 1.165) is 11.6 Å². The van der Waals surface area contributed by atoms with Gasteiger partial charge in [0, 0.05) is 5.56 Å². The van der Waals surface area contributed by atoms with Crippen LogP contribution in [0.25, 0.3) is 11.3 Å². The molecule has 0 saturated carbocycles. The Kier molecular flexibility index (Phi) is 4.83. The zero-order chi connectivity index (χ0) is 19.8. The predicted octanol–water partition coefficient (Wildman–Crippen LogP) is 3.57. The summed E-state index contributed by atoms with van der Waals surface area (Å²) < 4.78 is 63.3. The SMILES string of the molecule is Cc1cccc(-c2cc(C(F)(F)F)nn2Cc2ccc(S(N)(=O)=O)cc2)c1. The monoisotopic (exact) mass is 395 g/mol. The standard InChI is InChI=1S/C18H16F3N3O2S/c1-12-3-2-4-14(9-12)16-10-17(18(19,20)21)23-24(16)11-13-5-7-15(8-6-13)27(22,25)26/h2-10H,11H2,1H3,(H2,22,25,26). The molecule has 27 heavy (non-hydrogen) atoms. The molecular formula is C18H16F3N3O2S. The van der Waals surface area contributed by atoms with Gasteiger partial charge in [0.1, 0.15) is 0 Å². The van der Waals surface area contributed by atoms with Gasteiger partial charge < -0.3 is 0 Å². The molecule has 1 heterocycles. The second-order valence-corrected chi connectivity index (χ2v) is 7.69. The minimum absolute atomic E-state index is 0.0459. The van der Waals surface area contributed by atoms with Crippen molar-refractivity contribution in [2.45, 2.75) is 24.5 Å². The lowest BCUT2D eigenvalue weighted by Crippen LogP contribution is -2.12. The van der Waals surface area contributed by atoms with Crippen LogP contribution in [-0.2, 0) is 22.7 Å². The first-order valence-corrected chi connectivity index (χ1v) is 9.42. The molecule has 0 fully saturated rings. The van der Waals surface area contributed by atoms with Gasteiger partial charge in [0.15, 0.2) is 5.69 Å². The number of nitrogens with two attached hydrogens (primary N) is 1. The average molecular weight is 395 g/mol. The first kappa shape index (κ1) is 19.1. The van der Waals surface area contributed by atoms with Gasteiger partial charge in [-0.05, 0) is 36.8 Å². The van der Waals surface area contributed by atoms with E-state index < -0.39 is 21.9 Å². The summed E-state index contributed by atoms with van der Waals surface area (Å²) in [4.78, 5) is -0.0680. The molecule has 2 N–H and O–H groups in total. The topological polar surface area (TPSA) is 78.0 Å². The summed E-state index contributed by atoms with van der Waals surface area (Å²) in [6.45, 7) is 1.89. The van der Waals surface area contributed by atoms with E-state index in [4.69, 9.17) is 5.14 Å². The fraction of sp³-hybridized carbons (Fsp3) is 0.167. The van der Waals surface area contributed by atoms with Gasteiger partial charge in [0.25, 0.3) is 0 Å². The van der Waals surface area contributed by atoms with Gasteiger partial charge in [-0.15, -0.1) is 0 Å². The maximum atomic E-state index is 13.1. The van der Waals surface area contributed by atoms with Crippen molar-refractivity contribution in [1.29, 1.82) is 0 Å². The van der Waals surface area contributed by atoms with E-state index in [1.165, 1.54) is 28.9 Å². The van der Waals surface area contributed by atoms with Crippen LogP contribution in [0.2, 0.25) is 0 Å². The van der Waals surface area contributed by atoms with Crippen LogP contribution in [-0.4, -0.2) is 18.2 Å². The number of aryl methyl sites for hydroxylation is 1. The number of alkyl halides is 3. The molecule has 5 nitrogen and oxygen atoms in total. The fourth-order valence-electron chi connectivity index (χ4n) is 2.67. The van der Waals surface area contributed by atoms with E-state index in [1.54, 1.807) is 18.2 Å². The van der Waals surface area contributed by atoms with Crippen molar-refractivity contribution in [2.75, 3.05) is 0 Å². The van der Waals surface area contributed by atoms with Crippen molar-refractivity contribution in [3.63, 3.8) is 0 Å². The zero-order valence-electron chi connectivity index (χ0n) is 14.2. The summed E-state index contributed by atoms with van der Waals surface area (Å²) >= 11 is 0. The van der Waals surface area contributed by atoms with Crippen LogP contribution in [0.4, 0.5) is 13.2 Å². The molecule has 9 heteroatoms. The van der Waals surface area contributed by atoms with Crippen LogP contribution in [0.1, 0.15) is 16.8 Å². The molecule has 1 aromatic heterocycles. The number of benzene rings is 2. The highest BCUT2D eigenvalue weighted by atomic mass is 32.2. The lowest BCUT2D eigenvalue weighted by molar-refractivity contribution is -0.141. The van der Waals surface area contributed by atoms with Gasteiger partial charge in [0.2, 0.25) is 10.0 Å². The molecule has 0 aliphatic rings. The average Bonchev–Trinajstić information content (AvgIpc) is 2.99. The maximum Gasteiger partial charge on any atom is 0.435 e. The number of primary sulfonamides is 1. The molecule has 142 valence electrons. The molecule has 0 amide bonds. The minimum Gasteiger partial charge on any atom is -0.260 e. The van der Waals surface area contributed by atoms with E-state index in [1.807, 2.05) is 13.0 Å². The predicted molar refractivity (Wildman–Crippen MR) is 94.3 cm³/mol. The summed E-state index contributed by atoms with van der Waals surface area (Å²) in [5, 5.41) is 8.76. The Morgan fingerprint density at radius 2 is 1.74 bits per heavy atom. The molecule has 0 spiro atoms. The summed E-state index contributed by atoms with van der Waals surface area (Å²) in [6.07, 6.45) is -4.57. The van der Waals surface area contributed by atoms with Crippen LogP contribution in [0.3, 0.4) is 0 Å². The van der Waals surface area contributed by atoms with Gasteiger partial charge in [-0.1, -0.05) is 35.9 Å². The molecular weight excluding hydrogens is 379 g/mol. The number of aromatic nitrogens is 2. The Hall–Kier alpha value is -2.65. The second-order valence-electron chi connectivity index (χ2n) is 6.13. The number of nitrogens with zero attached hydrogens (tertiary/aromatic N) is 2. The molecule has 3 rings (SSSR count). The lowest BCUT2D eigenvalue weighted by atomic mass is 10.1. The third-order valence-electron chi connectivity index (χ3n) is 3.97. The highest BCUT2D eigenvalue weighted by Gasteiger charge is 2.35. The van der Waals surface area contributed by atoms with Crippen LogP contribution in [0.15, 0.2) is 59.5 Å². The summed E-state index contributed by atoms with van der Waals surface area (Å²) in [5.41, 5.74) is 1.44. The highest BCUT2D eigenvalue weighted by molar-refractivity contribution is 7.89. The molecule has 0 unspecified atom stereocenters. The van der Waals surface area contributed by atoms with E-state index in [0.29, 0.717) is 16.8 Å². The number of halogens is 3. The van der Waals surface area contributed by atoms with Gasteiger partial charge >= 0.3 is 6.18 Å². The molecule has 0 aliphatic heterocycles. The van der Waals surface area contributed by atoms with Crippen molar-refractivity contribution in [1.82, 2.24) is 9.78 Å². The third-order valence-corrected chi connectivity index (χ3v) is 4.90. The quantitative estimate of drug-likeness (QED) is 0.734. The Bertz CT molecular complexity index is 1070. The molecule has 2 aromatic carbocycles. The molecule has 0 atom stereocenters. The molecule has 0 radical (unpaired) electrons. The van der Waals surface area contributed by atoms with Crippen molar-refractivity contribution in [3.05, 3.63) is 71.4 Å². The lowest BCUT2D eigenvalue weighted by Gasteiger charge is -2.09. The first-order valence-electron chi connectivity index (χ1n) is 7.88. The zero-order valence-corrected chi connectivity index (χ0v) is 15.1. The largest absolute Gasteiger partial charge is 0.435 e. The maximum absolute atomic E-state index is 13.1. The Morgan fingerprint density at radius 3 is 2.30 bits per heavy atom. The second kappa shape index (κ2) is 6.82. The van der Waals surface area contributed by atoms with Crippen molar-refractivity contribution in [3.8, 4) is 11.3 Å². The Morgan fingerprint density at radius 1 is 1.07 bits per heavy atom. The van der Waals surface area contributed by atoms with Crippen LogP contribution < -0.4 is 5.14 Å². The molecule has 0 saturated heterocycles. The van der Waals surface area contributed by atoms with Crippen LogP contribution >= 0.6 is 0 Å². The smallest absolute Gasteiger partial charge is 0.260 e. The first-order chi connectivity index (χ1) is 12.5. The van der Waals surface area contributed by atoms with Crippen molar-refractivity contribution in [2.24, 2.45) is 5.14 Å². The fourth-order valence-corrected chi connectivity index (χ4v) is 3.19. The van der Waals surface area contributed by atoms with Crippen LogP contribution in [0.5, 0.6) is 0 Å².